The summed E-state index contributed by atoms with van der Waals surface area (Å²) in [4.78, 5) is 10.6. The van der Waals surface area contributed by atoms with Crippen LogP contribution in [0.5, 0.6) is 5.75 Å². The maximum atomic E-state index is 13.7. The number of carboxylic acid groups (broad SMARTS) is 1. The molecule has 0 aliphatic heterocycles. The second-order valence-electron chi connectivity index (χ2n) is 4.93. The molecule has 0 atom stereocenters. The van der Waals surface area contributed by atoms with Gasteiger partial charge in [0.2, 0.25) is 10.0 Å². The van der Waals surface area contributed by atoms with Crippen LogP contribution in [0.3, 0.4) is 0 Å². The van der Waals surface area contributed by atoms with E-state index in [2.05, 4.69) is 0 Å². The van der Waals surface area contributed by atoms with E-state index >= 15 is 0 Å². The summed E-state index contributed by atoms with van der Waals surface area (Å²) >= 11 is 0. The van der Waals surface area contributed by atoms with E-state index in [1.165, 1.54) is 19.2 Å². The number of halogens is 1. The third-order valence-corrected chi connectivity index (χ3v) is 5.04. The molecule has 1 aromatic rings. The number of nitrogens with zero attached hydrogens (tertiary/aromatic N) is 1. The standard InChI is InChI=1S/C13H16FNO5S/c1-20-12-5-4-10(6-11(12)14)21(18,19)15(8-13(16)17)7-9-2-3-9/h4-6,9H,2-3,7-8H2,1H3,(H,16,17). The predicted octanol–water partition coefficient (Wildman–Crippen LogP) is 1.32. The lowest BCUT2D eigenvalue weighted by molar-refractivity contribution is -0.137. The Bertz CT molecular complexity index is 642. The number of hydrogen-bond acceptors (Lipinski definition) is 4. The van der Waals surface area contributed by atoms with E-state index in [0.717, 1.165) is 23.2 Å². The Kier molecular flexibility index (Phi) is 4.48. The van der Waals surface area contributed by atoms with Gasteiger partial charge in [0, 0.05) is 6.54 Å². The number of ether oxygens (including phenoxy) is 1. The minimum Gasteiger partial charge on any atom is -0.494 e. The molecule has 0 saturated heterocycles. The molecule has 8 heteroatoms. The number of methoxy groups -OCH3 is 1. The third kappa shape index (κ3) is 3.70. The molecule has 116 valence electrons. The molecule has 6 nitrogen and oxygen atoms in total. The van der Waals surface area contributed by atoms with Gasteiger partial charge in [-0.2, -0.15) is 4.31 Å². The minimum absolute atomic E-state index is 0.0686. The second-order valence-corrected chi connectivity index (χ2v) is 6.87. The first-order chi connectivity index (χ1) is 9.84. The van der Waals surface area contributed by atoms with Crippen molar-refractivity contribution in [3.05, 3.63) is 24.0 Å². The predicted molar refractivity (Wildman–Crippen MR) is 72.1 cm³/mol. The van der Waals surface area contributed by atoms with Crippen molar-refractivity contribution in [1.82, 2.24) is 4.31 Å². The van der Waals surface area contributed by atoms with Gasteiger partial charge >= 0.3 is 5.97 Å². The highest BCUT2D eigenvalue weighted by atomic mass is 32.2. The average Bonchev–Trinajstić information content (AvgIpc) is 3.21. The fraction of sp³-hybridized carbons (Fsp3) is 0.462. The minimum atomic E-state index is -4.04. The number of carbonyl (C=O) groups is 1. The van der Waals surface area contributed by atoms with Crippen LogP contribution in [0.4, 0.5) is 4.39 Å². The van der Waals surface area contributed by atoms with Gasteiger partial charge in [0.15, 0.2) is 11.6 Å². The molecule has 1 fully saturated rings. The number of sulfonamides is 1. The Balaban J connectivity index is 2.31. The van der Waals surface area contributed by atoms with Crippen LogP contribution < -0.4 is 4.74 Å². The van der Waals surface area contributed by atoms with Crippen LogP contribution in [0.15, 0.2) is 23.1 Å². The van der Waals surface area contributed by atoms with Crippen molar-refractivity contribution < 1.29 is 27.4 Å². The molecule has 1 aromatic carbocycles. The molecule has 0 heterocycles. The van der Waals surface area contributed by atoms with E-state index in [1.54, 1.807) is 0 Å². The van der Waals surface area contributed by atoms with E-state index in [4.69, 9.17) is 9.84 Å². The van der Waals surface area contributed by atoms with E-state index in [9.17, 15) is 17.6 Å². The molecular weight excluding hydrogens is 301 g/mol. The molecule has 0 spiro atoms. The van der Waals surface area contributed by atoms with Gasteiger partial charge in [-0.15, -0.1) is 0 Å². The Morgan fingerprint density at radius 3 is 2.62 bits per heavy atom. The number of benzene rings is 1. The first-order valence-electron chi connectivity index (χ1n) is 6.40. The third-order valence-electron chi connectivity index (χ3n) is 3.23. The monoisotopic (exact) mass is 317 g/mol. The molecule has 0 amide bonds. The summed E-state index contributed by atoms with van der Waals surface area (Å²) < 4.78 is 44.2. The largest absolute Gasteiger partial charge is 0.494 e. The van der Waals surface area contributed by atoms with Crippen molar-refractivity contribution >= 4 is 16.0 Å². The summed E-state index contributed by atoms with van der Waals surface area (Å²) in [7, 11) is -2.77. The van der Waals surface area contributed by atoms with Crippen molar-refractivity contribution in [2.75, 3.05) is 20.2 Å². The van der Waals surface area contributed by atoms with Crippen LogP contribution in [-0.4, -0.2) is 44.0 Å². The van der Waals surface area contributed by atoms with Crippen molar-refractivity contribution in [3.63, 3.8) is 0 Å². The molecule has 0 aromatic heterocycles. The second kappa shape index (κ2) is 5.98. The van der Waals surface area contributed by atoms with Crippen molar-refractivity contribution in [3.8, 4) is 5.75 Å². The Labute approximate surface area is 122 Å². The van der Waals surface area contributed by atoms with Gasteiger partial charge in [0.25, 0.3) is 0 Å². The van der Waals surface area contributed by atoms with Gasteiger partial charge in [-0.1, -0.05) is 0 Å². The van der Waals surface area contributed by atoms with Crippen LogP contribution in [0.25, 0.3) is 0 Å². The number of aliphatic carboxylic acids is 1. The Morgan fingerprint density at radius 1 is 1.48 bits per heavy atom. The van der Waals surface area contributed by atoms with E-state index in [0.29, 0.717) is 0 Å². The highest BCUT2D eigenvalue weighted by Crippen LogP contribution is 2.32. The van der Waals surface area contributed by atoms with Crippen LogP contribution in [0, 0.1) is 11.7 Å². The van der Waals surface area contributed by atoms with Gasteiger partial charge in [0.05, 0.1) is 12.0 Å². The fourth-order valence-corrected chi connectivity index (χ4v) is 3.42. The molecule has 1 saturated carbocycles. The smallest absolute Gasteiger partial charge is 0.318 e. The van der Waals surface area contributed by atoms with E-state index in [-0.39, 0.29) is 23.1 Å². The van der Waals surface area contributed by atoms with Gasteiger partial charge in [-0.05, 0) is 37.0 Å². The van der Waals surface area contributed by atoms with Crippen LogP contribution >= 0.6 is 0 Å². The van der Waals surface area contributed by atoms with Gasteiger partial charge < -0.3 is 9.84 Å². The number of carboxylic acids is 1. The fourth-order valence-electron chi connectivity index (χ4n) is 1.94. The molecule has 0 unspecified atom stereocenters. The van der Waals surface area contributed by atoms with E-state index in [1.807, 2.05) is 0 Å². The average molecular weight is 317 g/mol. The number of hydrogen-bond donors (Lipinski definition) is 1. The first kappa shape index (κ1) is 15.7. The molecule has 2 rings (SSSR count). The topological polar surface area (TPSA) is 83.9 Å². The maximum Gasteiger partial charge on any atom is 0.318 e. The summed E-state index contributed by atoms with van der Waals surface area (Å²) in [6.45, 7) is -0.491. The zero-order valence-corrected chi connectivity index (χ0v) is 12.3. The summed E-state index contributed by atoms with van der Waals surface area (Å²) in [5.74, 6) is -1.93. The van der Waals surface area contributed by atoms with Crippen molar-refractivity contribution in [2.24, 2.45) is 5.92 Å². The Morgan fingerprint density at radius 2 is 2.14 bits per heavy atom. The lowest BCUT2D eigenvalue weighted by Crippen LogP contribution is -2.37. The lowest BCUT2D eigenvalue weighted by atomic mass is 10.3. The molecule has 1 aliphatic rings. The molecular formula is C13H16FNO5S. The van der Waals surface area contributed by atoms with E-state index < -0.39 is 28.4 Å². The van der Waals surface area contributed by atoms with Gasteiger partial charge in [0.1, 0.15) is 6.54 Å². The Hall–Kier alpha value is -1.67. The highest BCUT2D eigenvalue weighted by molar-refractivity contribution is 7.89. The zero-order valence-electron chi connectivity index (χ0n) is 11.5. The highest BCUT2D eigenvalue weighted by Gasteiger charge is 2.33. The summed E-state index contributed by atoms with van der Waals surface area (Å²) in [5.41, 5.74) is 0. The summed E-state index contributed by atoms with van der Waals surface area (Å²) in [5, 5.41) is 8.86. The first-order valence-corrected chi connectivity index (χ1v) is 7.84. The van der Waals surface area contributed by atoms with Crippen molar-refractivity contribution in [1.29, 1.82) is 0 Å². The maximum absolute atomic E-state index is 13.7. The van der Waals surface area contributed by atoms with Crippen LogP contribution in [-0.2, 0) is 14.8 Å². The molecule has 0 radical (unpaired) electrons. The van der Waals surface area contributed by atoms with Crippen molar-refractivity contribution in [2.45, 2.75) is 17.7 Å². The summed E-state index contributed by atoms with van der Waals surface area (Å²) in [6, 6.07) is 3.26. The molecule has 0 bridgehead atoms. The lowest BCUT2D eigenvalue weighted by Gasteiger charge is -2.20. The van der Waals surface area contributed by atoms with Gasteiger partial charge in [-0.25, -0.2) is 12.8 Å². The number of rotatable bonds is 7. The molecule has 21 heavy (non-hydrogen) atoms. The molecule has 1 N–H and O–H groups in total. The van der Waals surface area contributed by atoms with Crippen LogP contribution in [0.1, 0.15) is 12.8 Å². The van der Waals surface area contributed by atoms with Crippen LogP contribution in [0.2, 0.25) is 0 Å². The summed E-state index contributed by atoms with van der Waals surface area (Å²) in [6.07, 6.45) is 1.76. The molecule has 1 aliphatic carbocycles. The SMILES string of the molecule is COc1ccc(S(=O)(=O)N(CC(=O)O)CC2CC2)cc1F. The quantitative estimate of drug-likeness (QED) is 0.820. The van der Waals surface area contributed by atoms with Gasteiger partial charge in [-0.3, -0.25) is 4.79 Å². The zero-order chi connectivity index (χ0) is 15.6. The normalized spacial score (nSPS) is 15.2.